The van der Waals surface area contributed by atoms with Gasteiger partial charge in [-0.3, -0.25) is 4.79 Å². The predicted octanol–water partition coefficient (Wildman–Crippen LogP) is 2.74. The summed E-state index contributed by atoms with van der Waals surface area (Å²) >= 11 is 4.61. The van der Waals surface area contributed by atoms with Gasteiger partial charge in [-0.25, -0.2) is 0 Å². The van der Waals surface area contributed by atoms with Gasteiger partial charge in [0.15, 0.2) is 5.82 Å². The molecule has 1 heterocycles. The number of thioether (sulfide) groups is 1. The van der Waals surface area contributed by atoms with Crippen LogP contribution < -0.4 is 0 Å². The van der Waals surface area contributed by atoms with E-state index in [1.807, 2.05) is 24.3 Å². The second-order valence-corrected chi connectivity index (χ2v) is 5.70. The number of carboxylic acids is 1. The van der Waals surface area contributed by atoms with Crippen molar-refractivity contribution in [2.24, 2.45) is 0 Å². The zero-order chi connectivity index (χ0) is 13.7. The first kappa shape index (κ1) is 14.1. The van der Waals surface area contributed by atoms with Gasteiger partial charge in [-0.15, -0.1) is 11.8 Å². The van der Waals surface area contributed by atoms with E-state index >= 15 is 0 Å². The van der Waals surface area contributed by atoms with Crippen molar-refractivity contribution in [2.75, 3.05) is 5.75 Å². The Balaban J connectivity index is 1.90. The molecule has 0 saturated heterocycles. The highest BCUT2D eigenvalue weighted by molar-refractivity contribution is 9.10. The van der Waals surface area contributed by atoms with Gasteiger partial charge in [0.25, 0.3) is 0 Å². The Morgan fingerprint density at radius 2 is 2.11 bits per heavy atom. The lowest BCUT2D eigenvalue weighted by Gasteiger charge is -1.96. The fourth-order valence-electron chi connectivity index (χ4n) is 1.43. The molecule has 0 aliphatic carbocycles. The van der Waals surface area contributed by atoms with E-state index in [2.05, 4.69) is 26.1 Å². The molecule has 0 unspecified atom stereocenters. The van der Waals surface area contributed by atoms with Crippen LogP contribution in [-0.2, 0) is 17.0 Å². The molecule has 2 aromatic rings. The molecular weight excluding hydrogens is 332 g/mol. The lowest BCUT2D eigenvalue weighted by atomic mass is 10.1. The van der Waals surface area contributed by atoms with Gasteiger partial charge in [0, 0.05) is 10.9 Å². The van der Waals surface area contributed by atoms with Gasteiger partial charge in [-0.2, -0.15) is 4.98 Å². The summed E-state index contributed by atoms with van der Waals surface area (Å²) in [4.78, 5) is 14.6. The molecule has 0 radical (unpaired) electrons. The van der Waals surface area contributed by atoms with E-state index in [-0.39, 0.29) is 5.75 Å². The minimum Gasteiger partial charge on any atom is -0.481 e. The maximum Gasteiger partial charge on any atom is 0.313 e. The molecule has 0 spiro atoms. The monoisotopic (exact) mass is 342 g/mol. The van der Waals surface area contributed by atoms with Gasteiger partial charge in [-0.1, -0.05) is 33.2 Å². The molecule has 1 N–H and O–H groups in total. The van der Waals surface area contributed by atoms with Crippen molar-refractivity contribution >= 4 is 33.7 Å². The number of hydrogen-bond donors (Lipinski definition) is 1. The van der Waals surface area contributed by atoms with Crippen molar-refractivity contribution in [3.63, 3.8) is 0 Å². The highest BCUT2D eigenvalue weighted by Crippen LogP contribution is 2.14. The number of aromatic nitrogens is 2. The Kier molecular flexibility index (Phi) is 4.98. The first-order valence-electron chi connectivity index (χ1n) is 5.49. The average Bonchev–Trinajstić information content (AvgIpc) is 2.79. The number of carboxylic acid groups (broad SMARTS) is 1. The number of rotatable bonds is 6. The maximum absolute atomic E-state index is 10.4. The van der Waals surface area contributed by atoms with Gasteiger partial charge in [0.2, 0.25) is 5.89 Å². The third-order valence-electron chi connectivity index (χ3n) is 2.24. The molecule has 1 aromatic carbocycles. The minimum atomic E-state index is -0.848. The van der Waals surface area contributed by atoms with Gasteiger partial charge in [0.05, 0.1) is 11.5 Å². The van der Waals surface area contributed by atoms with Crippen LogP contribution >= 0.6 is 27.7 Å². The third-order valence-corrected chi connectivity index (χ3v) is 3.67. The molecule has 7 heteroatoms. The zero-order valence-corrected chi connectivity index (χ0v) is 12.3. The molecule has 5 nitrogen and oxygen atoms in total. The minimum absolute atomic E-state index is 0.0322. The second kappa shape index (κ2) is 6.72. The summed E-state index contributed by atoms with van der Waals surface area (Å²) in [6, 6.07) is 7.89. The SMILES string of the molecule is O=C(O)CSCc1nc(Cc2ccc(Br)cc2)no1. The number of hydrogen-bond acceptors (Lipinski definition) is 5. The second-order valence-electron chi connectivity index (χ2n) is 3.79. The molecule has 0 atom stereocenters. The molecule has 0 amide bonds. The molecule has 1 aromatic heterocycles. The van der Waals surface area contributed by atoms with Crippen molar-refractivity contribution in [1.82, 2.24) is 10.1 Å². The normalized spacial score (nSPS) is 10.6. The van der Waals surface area contributed by atoms with Crippen LogP contribution in [0.15, 0.2) is 33.3 Å². The molecule has 2 rings (SSSR count). The number of benzene rings is 1. The zero-order valence-electron chi connectivity index (χ0n) is 9.88. The van der Waals surface area contributed by atoms with Crippen molar-refractivity contribution in [2.45, 2.75) is 12.2 Å². The van der Waals surface area contributed by atoms with Gasteiger partial charge < -0.3 is 9.63 Å². The van der Waals surface area contributed by atoms with E-state index < -0.39 is 5.97 Å². The molecule has 0 aliphatic heterocycles. The predicted molar refractivity (Wildman–Crippen MR) is 75.0 cm³/mol. The molecule has 100 valence electrons. The van der Waals surface area contributed by atoms with Crippen molar-refractivity contribution < 1.29 is 14.4 Å². The number of carbonyl (C=O) groups is 1. The molecule has 0 aliphatic rings. The van der Waals surface area contributed by atoms with E-state index in [1.165, 1.54) is 11.8 Å². The standard InChI is InChI=1S/C12H11BrN2O3S/c13-9-3-1-8(2-4-9)5-10-14-11(18-15-10)6-19-7-12(16)17/h1-4H,5-7H2,(H,16,17). The van der Waals surface area contributed by atoms with Crippen LogP contribution in [0.2, 0.25) is 0 Å². The number of aliphatic carboxylic acids is 1. The van der Waals surface area contributed by atoms with Crippen LogP contribution in [0.25, 0.3) is 0 Å². The summed E-state index contributed by atoms with van der Waals surface area (Å²) in [5, 5.41) is 12.4. The maximum atomic E-state index is 10.4. The number of halogens is 1. The lowest BCUT2D eigenvalue weighted by Crippen LogP contribution is -1.98. The summed E-state index contributed by atoms with van der Waals surface area (Å²) in [6.07, 6.45) is 0.598. The Morgan fingerprint density at radius 3 is 2.79 bits per heavy atom. The van der Waals surface area contributed by atoms with E-state index in [0.29, 0.717) is 23.9 Å². The highest BCUT2D eigenvalue weighted by Gasteiger charge is 2.08. The molecular formula is C12H11BrN2O3S. The number of nitrogens with zero attached hydrogens (tertiary/aromatic N) is 2. The Hall–Kier alpha value is -1.34. The Bertz CT molecular complexity index is 556. The first-order chi connectivity index (χ1) is 9.13. The van der Waals surface area contributed by atoms with E-state index in [4.69, 9.17) is 9.63 Å². The summed E-state index contributed by atoms with van der Waals surface area (Å²) in [5.41, 5.74) is 1.09. The molecule has 0 bridgehead atoms. The highest BCUT2D eigenvalue weighted by atomic mass is 79.9. The lowest BCUT2D eigenvalue weighted by molar-refractivity contribution is -0.133. The molecule has 19 heavy (non-hydrogen) atoms. The van der Waals surface area contributed by atoms with Crippen molar-refractivity contribution in [3.05, 3.63) is 46.0 Å². The summed E-state index contributed by atoms with van der Waals surface area (Å²) in [5.74, 6) is 0.663. The van der Waals surface area contributed by atoms with Crippen LogP contribution in [0, 0.1) is 0 Å². The van der Waals surface area contributed by atoms with Gasteiger partial charge in [0.1, 0.15) is 0 Å². The van der Waals surface area contributed by atoms with Crippen LogP contribution in [0.1, 0.15) is 17.3 Å². The van der Waals surface area contributed by atoms with Crippen LogP contribution in [0.4, 0.5) is 0 Å². The Morgan fingerprint density at radius 1 is 1.37 bits per heavy atom. The van der Waals surface area contributed by atoms with Gasteiger partial charge in [-0.05, 0) is 17.7 Å². The fraction of sp³-hybridized carbons (Fsp3) is 0.250. The fourth-order valence-corrected chi connectivity index (χ4v) is 2.26. The van der Waals surface area contributed by atoms with Crippen LogP contribution in [0.5, 0.6) is 0 Å². The molecule has 0 fully saturated rings. The average molecular weight is 343 g/mol. The summed E-state index contributed by atoms with van der Waals surface area (Å²) < 4.78 is 6.08. The van der Waals surface area contributed by atoms with Crippen molar-refractivity contribution in [3.8, 4) is 0 Å². The quantitative estimate of drug-likeness (QED) is 0.869. The summed E-state index contributed by atoms with van der Waals surface area (Å²) in [6.45, 7) is 0. The van der Waals surface area contributed by atoms with E-state index in [1.54, 1.807) is 0 Å². The summed E-state index contributed by atoms with van der Waals surface area (Å²) in [7, 11) is 0. The van der Waals surface area contributed by atoms with Crippen LogP contribution in [0.3, 0.4) is 0 Å². The van der Waals surface area contributed by atoms with E-state index in [9.17, 15) is 4.79 Å². The Labute approximate surface area is 122 Å². The molecule has 0 saturated carbocycles. The third kappa shape index (κ3) is 4.68. The van der Waals surface area contributed by atoms with Crippen LogP contribution in [-0.4, -0.2) is 27.0 Å². The van der Waals surface area contributed by atoms with Crippen molar-refractivity contribution in [1.29, 1.82) is 0 Å². The smallest absolute Gasteiger partial charge is 0.313 e. The topological polar surface area (TPSA) is 76.2 Å². The first-order valence-corrected chi connectivity index (χ1v) is 7.43. The van der Waals surface area contributed by atoms with Gasteiger partial charge >= 0.3 is 5.97 Å². The van der Waals surface area contributed by atoms with E-state index in [0.717, 1.165) is 10.0 Å². The largest absolute Gasteiger partial charge is 0.481 e.